The molecule has 0 aromatic heterocycles. The van der Waals surface area contributed by atoms with Crippen molar-refractivity contribution >= 4 is 17.7 Å². The fourth-order valence-corrected chi connectivity index (χ4v) is 1.76. The number of rotatable bonds is 4. The predicted octanol–water partition coefficient (Wildman–Crippen LogP) is 2.75. The molecule has 0 aliphatic heterocycles. The Hall–Kier alpha value is -1.31. The van der Waals surface area contributed by atoms with Gasteiger partial charge in [0, 0.05) is 0 Å². The molecular weight excluding hydrogens is 214 g/mol. The van der Waals surface area contributed by atoms with Gasteiger partial charge in [0.15, 0.2) is 0 Å². The highest BCUT2D eigenvalue weighted by Crippen LogP contribution is 2.30. The lowest BCUT2D eigenvalue weighted by atomic mass is 10.1. The van der Waals surface area contributed by atoms with E-state index in [-0.39, 0.29) is 0 Å². The zero-order valence-electron chi connectivity index (χ0n) is 8.71. The summed E-state index contributed by atoms with van der Waals surface area (Å²) in [7, 11) is 1.59. The second kappa shape index (κ2) is 5.54. The van der Waals surface area contributed by atoms with E-state index in [1.807, 2.05) is 13.0 Å². The van der Waals surface area contributed by atoms with Gasteiger partial charge in [-0.25, -0.2) is 9.79 Å². The molecule has 0 unspecified atom stereocenters. The van der Waals surface area contributed by atoms with Crippen molar-refractivity contribution in [1.29, 1.82) is 0 Å². The Morgan fingerprint density at radius 2 is 2.27 bits per heavy atom. The van der Waals surface area contributed by atoms with Crippen LogP contribution in [0.2, 0.25) is 5.02 Å². The molecule has 0 spiro atoms. The van der Waals surface area contributed by atoms with Crippen LogP contribution in [0.1, 0.15) is 18.1 Å². The Morgan fingerprint density at radius 3 is 2.80 bits per heavy atom. The third-order valence-corrected chi connectivity index (χ3v) is 2.37. The molecular formula is C11H12ClNO2. The Labute approximate surface area is 93.7 Å². The van der Waals surface area contributed by atoms with Gasteiger partial charge in [-0.3, -0.25) is 0 Å². The van der Waals surface area contributed by atoms with Crippen molar-refractivity contribution in [1.82, 2.24) is 0 Å². The maximum absolute atomic E-state index is 9.99. The maximum atomic E-state index is 9.99. The summed E-state index contributed by atoms with van der Waals surface area (Å²) < 4.78 is 5.19. The molecule has 0 N–H and O–H groups in total. The molecule has 4 heteroatoms. The van der Waals surface area contributed by atoms with Gasteiger partial charge in [-0.05, 0) is 23.6 Å². The first-order valence-corrected chi connectivity index (χ1v) is 4.99. The van der Waals surface area contributed by atoms with E-state index in [2.05, 4.69) is 4.99 Å². The minimum absolute atomic E-state index is 0.306. The second-order valence-electron chi connectivity index (χ2n) is 3.03. The zero-order valence-corrected chi connectivity index (χ0v) is 9.47. The van der Waals surface area contributed by atoms with Gasteiger partial charge in [0.2, 0.25) is 6.08 Å². The molecule has 0 radical (unpaired) electrons. The van der Waals surface area contributed by atoms with Crippen molar-refractivity contribution in [2.24, 2.45) is 4.99 Å². The minimum Gasteiger partial charge on any atom is -0.495 e. The van der Waals surface area contributed by atoms with E-state index in [1.165, 1.54) is 6.08 Å². The summed E-state index contributed by atoms with van der Waals surface area (Å²) in [6.45, 7) is 2.32. The molecule has 1 rings (SSSR count). The lowest BCUT2D eigenvalue weighted by molar-refractivity contribution is 0.410. The van der Waals surface area contributed by atoms with Crippen LogP contribution in [-0.2, 0) is 17.8 Å². The molecule has 1 aromatic carbocycles. The second-order valence-corrected chi connectivity index (χ2v) is 3.44. The molecule has 15 heavy (non-hydrogen) atoms. The molecule has 0 saturated carbocycles. The van der Waals surface area contributed by atoms with Gasteiger partial charge in [-0.1, -0.05) is 24.6 Å². The van der Waals surface area contributed by atoms with Crippen LogP contribution in [0, 0.1) is 0 Å². The molecule has 1 aromatic rings. The van der Waals surface area contributed by atoms with Gasteiger partial charge < -0.3 is 4.74 Å². The highest BCUT2D eigenvalue weighted by Gasteiger charge is 2.08. The molecule has 0 saturated heterocycles. The summed E-state index contributed by atoms with van der Waals surface area (Å²) in [5.74, 6) is 0.693. The molecule has 0 aliphatic carbocycles. The molecule has 80 valence electrons. The van der Waals surface area contributed by atoms with Crippen LogP contribution >= 0.6 is 11.6 Å². The third kappa shape index (κ3) is 2.82. The molecule has 3 nitrogen and oxygen atoms in total. The van der Waals surface area contributed by atoms with Gasteiger partial charge in [0.05, 0.1) is 18.7 Å². The summed E-state index contributed by atoms with van der Waals surface area (Å²) in [5, 5.41) is 0.549. The summed E-state index contributed by atoms with van der Waals surface area (Å²) >= 11 is 6.03. The van der Waals surface area contributed by atoms with Gasteiger partial charge >= 0.3 is 0 Å². The number of methoxy groups -OCH3 is 1. The van der Waals surface area contributed by atoms with Crippen LogP contribution < -0.4 is 4.74 Å². The number of aliphatic imine (C=N–C) groups is 1. The van der Waals surface area contributed by atoms with Gasteiger partial charge in [-0.15, -0.1) is 0 Å². The van der Waals surface area contributed by atoms with Crippen molar-refractivity contribution in [2.75, 3.05) is 7.11 Å². The minimum atomic E-state index is 0.306. The van der Waals surface area contributed by atoms with Crippen LogP contribution in [0.5, 0.6) is 5.75 Å². The van der Waals surface area contributed by atoms with E-state index in [9.17, 15) is 4.79 Å². The summed E-state index contributed by atoms with van der Waals surface area (Å²) in [6, 6.07) is 3.69. The largest absolute Gasteiger partial charge is 0.495 e. The number of nitrogens with zero attached hydrogens (tertiary/aromatic N) is 1. The molecule has 0 bridgehead atoms. The van der Waals surface area contributed by atoms with Crippen molar-refractivity contribution < 1.29 is 9.53 Å². The lowest BCUT2D eigenvalue weighted by Crippen LogP contribution is -1.94. The van der Waals surface area contributed by atoms with E-state index in [1.54, 1.807) is 13.2 Å². The smallest absolute Gasteiger partial charge is 0.235 e. The van der Waals surface area contributed by atoms with E-state index >= 15 is 0 Å². The number of hydrogen-bond donors (Lipinski definition) is 0. The molecule has 0 atom stereocenters. The third-order valence-electron chi connectivity index (χ3n) is 2.09. The normalized spacial score (nSPS) is 9.53. The highest BCUT2D eigenvalue weighted by molar-refractivity contribution is 6.32. The van der Waals surface area contributed by atoms with Crippen molar-refractivity contribution in [2.45, 2.75) is 19.9 Å². The van der Waals surface area contributed by atoms with Gasteiger partial charge in [0.25, 0.3) is 0 Å². The first kappa shape index (κ1) is 11.8. The lowest BCUT2D eigenvalue weighted by Gasteiger charge is -2.10. The van der Waals surface area contributed by atoms with Crippen molar-refractivity contribution in [3.05, 3.63) is 28.3 Å². The molecule has 0 fully saturated rings. The fraction of sp³-hybridized carbons (Fsp3) is 0.364. The number of isocyanates is 1. The Balaban J connectivity index is 3.12. The fourth-order valence-electron chi connectivity index (χ4n) is 1.42. The Morgan fingerprint density at radius 1 is 1.53 bits per heavy atom. The maximum Gasteiger partial charge on any atom is 0.235 e. The highest BCUT2D eigenvalue weighted by atomic mass is 35.5. The summed E-state index contributed by atoms with van der Waals surface area (Å²) in [6.07, 6.45) is 2.32. The quantitative estimate of drug-likeness (QED) is 0.584. The summed E-state index contributed by atoms with van der Waals surface area (Å²) in [5.41, 5.74) is 1.90. The number of ether oxygens (including phenoxy) is 1. The van der Waals surface area contributed by atoms with Crippen LogP contribution in [0.15, 0.2) is 17.1 Å². The molecule has 0 heterocycles. The van der Waals surface area contributed by atoms with Gasteiger partial charge in [0.1, 0.15) is 5.75 Å². The predicted molar refractivity (Wildman–Crippen MR) is 59.2 cm³/mol. The average Bonchev–Trinajstić information content (AvgIpc) is 2.25. The topological polar surface area (TPSA) is 38.7 Å². The molecule has 0 aliphatic rings. The van der Waals surface area contributed by atoms with Crippen molar-refractivity contribution in [3.63, 3.8) is 0 Å². The van der Waals surface area contributed by atoms with Crippen LogP contribution in [-0.4, -0.2) is 13.2 Å². The SMILES string of the molecule is CCc1cc(CN=C=O)cc(Cl)c1OC. The van der Waals surface area contributed by atoms with E-state index in [4.69, 9.17) is 16.3 Å². The number of benzene rings is 1. The van der Waals surface area contributed by atoms with Crippen LogP contribution in [0.3, 0.4) is 0 Å². The zero-order chi connectivity index (χ0) is 11.3. The summed E-state index contributed by atoms with van der Waals surface area (Å²) in [4.78, 5) is 13.5. The van der Waals surface area contributed by atoms with E-state index in [0.717, 1.165) is 17.5 Å². The first-order valence-electron chi connectivity index (χ1n) is 4.61. The monoisotopic (exact) mass is 225 g/mol. The number of hydrogen-bond acceptors (Lipinski definition) is 3. The molecule has 0 amide bonds. The van der Waals surface area contributed by atoms with Gasteiger partial charge in [-0.2, -0.15) is 0 Å². The first-order chi connectivity index (χ1) is 7.22. The number of halogens is 1. The Bertz CT molecular complexity index is 398. The van der Waals surface area contributed by atoms with Crippen LogP contribution in [0.4, 0.5) is 0 Å². The number of carbonyl (C=O) groups excluding carboxylic acids is 1. The van der Waals surface area contributed by atoms with E-state index < -0.39 is 0 Å². The Kier molecular flexibility index (Phi) is 4.35. The van der Waals surface area contributed by atoms with Crippen LogP contribution in [0.25, 0.3) is 0 Å². The standard InChI is InChI=1S/C11H12ClNO2/c1-3-9-4-8(6-13-7-14)5-10(12)11(9)15-2/h4-5H,3,6H2,1-2H3. The van der Waals surface area contributed by atoms with E-state index in [0.29, 0.717) is 17.3 Å². The average molecular weight is 226 g/mol. The van der Waals surface area contributed by atoms with Crippen molar-refractivity contribution in [3.8, 4) is 5.75 Å². The number of aryl methyl sites for hydroxylation is 1.